The molecule has 4 nitrogen and oxygen atoms in total. The van der Waals surface area contributed by atoms with Crippen molar-refractivity contribution in [3.63, 3.8) is 0 Å². The summed E-state index contributed by atoms with van der Waals surface area (Å²) >= 11 is 0. The van der Waals surface area contributed by atoms with Crippen molar-refractivity contribution in [1.82, 2.24) is 0 Å². The van der Waals surface area contributed by atoms with E-state index in [-0.39, 0.29) is 67.1 Å². The quantitative estimate of drug-likeness (QED) is 0.265. The van der Waals surface area contributed by atoms with E-state index in [1.807, 2.05) is 0 Å². The molecule has 0 radical (unpaired) electrons. The van der Waals surface area contributed by atoms with Gasteiger partial charge in [0.1, 0.15) is 5.57 Å². The van der Waals surface area contributed by atoms with Crippen LogP contribution >= 0.6 is 0 Å². The number of carbonyl (C=O) groups is 2. The molecule has 0 atom stereocenters. The van der Waals surface area contributed by atoms with Crippen molar-refractivity contribution in [3.8, 4) is 0 Å². The van der Waals surface area contributed by atoms with E-state index in [2.05, 4.69) is 4.79 Å². The number of fused-ring (bicyclic) bond motifs is 1. The van der Waals surface area contributed by atoms with Crippen LogP contribution in [0.1, 0.15) is 27.1 Å². The normalized spacial score (nSPS) is 15.0. The maximum atomic E-state index is 12.3. The Labute approximate surface area is 146 Å². The van der Waals surface area contributed by atoms with E-state index in [1.165, 1.54) is 0 Å². The van der Waals surface area contributed by atoms with Crippen molar-refractivity contribution in [2.75, 3.05) is 0 Å². The van der Waals surface area contributed by atoms with Gasteiger partial charge in [-0.1, -0.05) is 36.4 Å². The first kappa shape index (κ1) is 19.6. The number of carbonyl (C=O) groups excluding carboxylic acids is 2. The molecule has 0 saturated heterocycles. The summed E-state index contributed by atoms with van der Waals surface area (Å²) in [6.07, 6.45) is 3.70. The van der Waals surface area contributed by atoms with Gasteiger partial charge in [0.15, 0.2) is 5.78 Å². The van der Waals surface area contributed by atoms with Crippen molar-refractivity contribution >= 4 is 17.3 Å². The molecule has 0 saturated carbocycles. The molecule has 0 fully saturated rings. The van der Waals surface area contributed by atoms with Gasteiger partial charge in [-0.25, -0.2) is 0 Å². The van der Waals surface area contributed by atoms with Crippen LogP contribution in [0.15, 0.2) is 47.6 Å². The molecule has 0 bridgehead atoms. The molecule has 102 valence electrons. The average Bonchev–Trinajstić information content (AvgIpc) is 2.44. The van der Waals surface area contributed by atoms with Crippen LogP contribution in [-0.2, 0) is 19.5 Å². The fourth-order valence-electron chi connectivity index (χ4n) is 2.32. The molecule has 0 aliphatic heterocycles. The summed E-state index contributed by atoms with van der Waals surface area (Å²) in [6.45, 7) is 0. The molecule has 0 unspecified atom stereocenters. The van der Waals surface area contributed by atoms with Gasteiger partial charge in [-0.15, -0.1) is 0 Å². The van der Waals surface area contributed by atoms with Gasteiger partial charge >= 0.3 is 25.2 Å². The molecule has 3 rings (SSSR count). The maximum Gasteiger partial charge on any atom is 2.00 e. The maximum absolute atomic E-state index is 12.3. The van der Waals surface area contributed by atoms with E-state index in [0.29, 0.717) is 23.1 Å². The fraction of sp³-hybridized carbons (Fsp3) is 0.0714. The third kappa shape index (κ3) is 2.97. The summed E-state index contributed by atoms with van der Waals surface area (Å²) in [6, 6.07) is 6.69. The van der Waals surface area contributed by atoms with Gasteiger partial charge in [-0.2, -0.15) is 4.79 Å². The zero-order valence-corrected chi connectivity index (χ0v) is 15.3. The Morgan fingerprint density at radius 3 is 2.14 bits per heavy atom. The molecule has 0 spiro atoms. The van der Waals surface area contributed by atoms with Crippen molar-refractivity contribution in [1.29, 1.82) is 0 Å². The number of nitrogens with zero attached hydrogens (tertiary/aromatic N) is 2. The van der Waals surface area contributed by atoms with E-state index < -0.39 is 0 Å². The number of hydrogen-bond acceptors (Lipinski definition) is 2. The van der Waals surface area contributed by atoms with E-state index in [9.17, 15) is 9.59 Å². The number of halogens is 2. The van der Waals surface area contributed by atoms with Crippen LogP contribution < -0.4 is 24.8 Å². The molecule has 1 aromatic carbocycles. The zero-order chi connectivity index (χ0) is 12.7. The third-order valence-corrected chi connectivity index (χ3v) is 3.16. The Balaban J connectivity index is 0.00000133. The second-order valence-corrected chi connectivity index (χ2v) is 4.15. The summed E-state index contributed by atoms with van der Waals surface area (Å²) in [5, 5.41) is 0. The monoisotopic (exact) mass is 370 g/mol. The van der Waals surface area contributed by atoms with Crippen LogP contribution in [0, 0.1) is 0 Å². The molecule has 21 heavy (non-hydrogen) atoms. The summed E-state index contributed by atoms with van der Waals surface area (Å²) in [7, 11) is 0. The minimum atomic E-state index is -0.252. The summed E-state index contributed by atoms with van der Waals surface area (Å²) < 4.78 is 0. The molecule has 2 aliphatic rings. The largest absolute Gasteiger partial charge is 2.00 e. The van der Waals surface area contributed by atoms with Crippen molar-refractivity contribution < 1.29 is 58.7 Å². The molecule has 0 N–H and O–H groups in total. The summed E-state index contributed by atoms with van der Waals surface area (Å²) in [4.78, 5) is 27.7. The Morgan fingerprint density at radius 2 is 1.57 bits per heavy atom. The Bertz CT molecular complexity index is 719. The Kier molecular flexibility index (Phi) is 7.08. The van der Waals surface area contributed by atoms with Crippen LogP contribution in [0.5, 0.6) is 0 Å². The molecular formula is C14H8Cl2N2O2Zn. The Hall–Kier alpha value is -1.38. The van der Waals surface area contributed by atoms with Crippen LogP contribution in [-0.4, -0.2) is 22.1 Å². The third-order valence-electron chi connectivity index (χ3n) is 3.16. The first-order valence-corrected chi connectivity index (χ1v) is 5.54. The van der Waals surface area contributed by atoms with E-state index in [4.69, 9.17) is 5.53 Å². The molecule has 0 aromatic heterocycles. The van der Waals surface area contributed by atoms with Gasteiger partial charge in [-0.3, -0.25) is 9.59 Å². The van der Waals surface area contributed by atoms with Gasteiger partial charge in [0.05, 0.1) is 6.42 Å². The van der Waals surface area contributed by atoms with Crippen LogP contribution in [0.4, 0.5) is 0 Å². The molecule has 0 heterocycles. The molecule has 7 heteroatoms. The fourth-order valence-corrected chi connectivity index (χ4v) is 2.32. The van der Waals surface area contributed by atoms with Crippen LogP contribution in [0.2, 0.25) is 0 Å². The average molecular weight is 373 g/mol. The minimum Gasteiger partial charge on any atom is -1.00 e. The smallest absolute Gasteiger partial charge is 1.00 e. The van der Waals surface area contributed by atoms with Gasteiger partial charge in [0.25, 0.3) is 0 Å². The van der Waals surface area contributed by atoms with Crippen molar-refractivity contribution in [2.45, 2.75) is 6.42 Å². The molecule has 1 aromatic rings. The van der Waals surface area contributed by atoms with Crippen LogP contribution in [0.3, 0.4) is 0 Å². The molecular weight excluding hydrogens is 364 g/mol. The minimum absolute atomic E-state index is 0. The van der Waals surface area contributed by atoms with Gasteiger partial charge in [0, 0.05) is 16.7 Å². The standard InChI is InChI=1S/C14H8N2O2.2ClH.Zn/c15-16-11-7-3-6-10-12(11)14(18)9-5-2-1-4-8(9)13(10)17;;;/h1-6H,7H2;2*1H;/q;;;+2/p-2. The number of benzene rings is 1. The number of Topliss-reactive ketones (excluding diaryl/α,β-unsaturated/α-hetero) is 2. The van der Waals surface area contributed by atoms with Crippen LogP contribution in [0.25, 0.3) is 5.53 Å². The number of hydrogen-bond donors (Lipinski definition) is 0. The SMILES string of the molecule is [Cl-].[Cl-].[N-]=[N+]=C1CC=CC2=C1C(=O)c1ccccc1C2=O.[Zn+2]. The molecule has 2 aliphatic carbocycles. The predicted molar refractivity (Wildman–Crippen MR) is 64.5 cm³/mol. The zero-order valence-electron chi connectivity index (χ0n) is 10.8. The van der Waals surface area contributed by atoms with Crippen molar-refractivity contribution in [2.24, 2.45) is 0 Å². The topological polar surface area (TPSA) is 70.5 Å². The van der Waals surface area contributed by atoms with E-state index in [0.717, 1.165) is 0 Å². The number of rotatable bonds is 0. The molecule has 0 amide bonds. The number of allylic oxidation sites excluding steroid dienone is 4. The van der Waals surface area contributed by atoms with E-state index in [1.54, 1.807) is 36.4 Å². The second-order valence-electron chi connectivity index (χ2n) is 4.15. The first-order chi connectivity index (χ1) is 8.74. The predicted octanol–water partition coefficient (Wildman–Crippen LogP) is -4.00. The van der Waals surface area contributed by atoms with Gasteiger partial charge in [0.2, 0.25) is 5.78 Å². The first-order valence-electron chi connectivity index (χ1n) is 5.54. The second kappa shape index (κ2) is 7.58. The summed E-state index contributed by atoms with van der Waals surface area (Å²) in [5.41, 5.74) is 10.5. The Morgan fingerprint density at radius 1 is 1.00 bits per heavy atom. The van der Waals surface area contributed by atoms with Crippen molar-refractivity contribution in [3.05, 3.63) is 64.2 Å². The van der Waals surface area contributed by atoms with Gasteiger partial charge < -0.3 is 30.3 Å². The van der Waals surface area contributed by atoms with Gasteiger partial charge in [-0.05, 0) is 0 Å². The van der Waals surface area contributed by atoms with E-state index >= 15 is 0 Å². The number of ketones is 2. The summed E-state index contributed by atoms with van der Waals surface area (Å²) in [5.74, 6) is -0.449.